The minimum absolute atomic E-state index is 0.00352. The van der Waals surface area contributed by atoms with E-state index in [0.29, 0.717) is 32.6 Å². The molecule has 3 amide bonds. The lowest BCUT2D eigenvalue weighted by Crippen LogP contribution is -2.53. The summed E-state index contributed by atoms with van der Waals surface area (Å²) < 4.78 is -1.28. The maximum absolute atomic E-state index is 14.0. The molecule has 7 nitrogen and oxygen atoms in total. The van der Waals surface area contributed by atoms with Crippen molar-refractivity contribution in [1.82, 2.24) is 14.7 Å². The Morgan fingerprint density at radius 2 is 1.73 bits per heavy atom. The van der Waals surface area contributed by atoms with Crippen LogP contribution in [0, 0.1) is 11.8 Å². The molecule has 4 rings (SSSR count). The lowest BCUT2D eigenvalue weighted by atomic mass is 9.74. The van der Waals surface area contributed by atoms with E-state index in [1.54, 1.807) is 28.6 Å². The standard InChI is InChI=1S/C25H37N3O4S/c1-4-5-14-27-15-10-12-25-19(18-21(30)26(3)13-9-11-24(18,2)33-25)22(31)28(20(25)23(27)32)16-7-6-8-17-29/h9-12,18-20,29H,4-8,13-17H2,1-3H3/t18-,19-,20?,24+,25-/m0/s1. The zero-order chi connectivity index (χ0) is 23.8. The zero-order valence-electron chi connectivity index (χ0n) is 20.0. The van der Waals surface area contributed by atoms with Crippen LogP contribution < -0.4 is 0 Å². The molecule has 2 fully saturated rings. The quantitative estimate of drug-likeness (QED) is 0.429. The molecule has 4 aliphatic rings. The van der Waals surface area contributed by atoms with Crippen LogP contribution in [0.1, 0.15) is 46.0 Å². The molecule has 0 aliphatic carbocycles. The smallest absolute Gasteiger partial charge is 0.247 e. The number of fused-ring (bicyclic) bond motifs is 2. The van der Waals surface area contributed by atoms with E-state index in [-0.39, 0.29) is 24.3 Å². The lowest BCUT2D eigenvalue weighted by molar-refractivity contribution is -0.144. The molecule has 0 saturated carbocycles. The predicted octanol–water partition coefficient (Wildman–Crippen LogP) is 2.06. The Kier molecular flexibility index (Phi) is 6.97. The first-order chi connectivity index (χ1) is 15.8. The summed E-state index contributed by atoms with van der Waals surface area (Å²) in [6.45, 7) is 6.52. The number of aliphatic hydroxyl groups excluding tert-OH is 1. The number of rotatable bonds is 8. The van der Waals surface area contributed by atoms with E-state index in [9.17, 15) is 14.4 Å². The summed E-state index contributed by atoms with van der Waals surface area (Å²) in [4.78, 5) is 46.9. The fraction of sp³-hybridized carbons (Fsp3) is 0.720. The molecule has 5 atom stereocenters. The van der Waals surface area contributed by atoms with Crippen LogP contribution in [0.3, 0.4) is 0 Å². The largest absolute Gasteiger partial charge is 0.396 e. The first kappa shape index (κ1) is 24.3. The average Bonchev–Trinajstić information content (AvgIpc) is 3.06. The van der Waals surface area contributed by atoms with Gasteiger partial charge in [0.1, 0.15) is 6.04 Å². The van der Waals surface area contributed by atoms with E-state index in [2.05, 4.69) is 26.0 Å². The van der Waals surface area contributed by atoms with E-state index < -0.39 is 27.4 Å². The summed E-state index contributed by atoms with van der Waals surface area (Å²) in [5, 5.41) is 9.16. The van der Waals surface area contributed by atoms with Crippen LogP contribution in [-0.4, -0.2) is 92.9 Å². The van der Waals surface area contributed by atoms with Gasteiger partial charge in [0.2, 0.25) is 17.7 Å². The van der Waals surface area contributed by atoms with Crippen molar-refractivity contribution < 1.29 is 19.5 Å². The summed E-state index contributed by atoms with van der Waals surface area (Å²) in [5.74, 6) is -1.14. The number of unbranched alkanes of at least 4 members (excludes halogenated alkanes) is 3. The van der Waals surface area contributed by atoms with Crippen LogP contribution in [0.4, 0.5) is 0 Å². The molecule has 8 heteroatoms. The van der Waals surface area contributed by atoms with E-state index in [4.69, 9.17) is 5.11 Å². The molecular formula is C25H37N3O4S. The number of hydrogen-bond acceptors (Lipinski definition) is 5. The highest BCUT2D eigenvalue weighted by molar-refractivity contribution is 8.02. The second kappa shape index (κ2) is 9.45. The monoisotopic (exact) mass is 475 g/mol. The average molecular weight is 476 g/mol. The second-order valence-corrected chi connectivity index (χ2v) is 11.8. The van der Waals surface area contributed by atoms with Gasteiger partial charge in [-0.15, -0.1) is 11.8 Å². The van der Waals surface area contributed by atoms with Crippen molar-refractivity contribution in [1.29, 1.82) is 0 Å². The first-order valence-electron chi connectivity index (χ1n) is 12.3. The summed E-state index contributed by atoms with van der Waals surface area (Å²) in [7, 11) is 1.79. The van der Waals surface area contributed by atoms with Crippen molar-refractivity contribution in [2.75, 3.05) is 39.8 Å². The number of nitrogens with zero attached hydrogens (tertiary/aromatic N) is 3. The predicted molar refractivity (Wildman–Crippen MR) is 130 cm³/mol. The maximum atomic E-state index is 14.0. The van der Waals surface area contributed by atoms with Gasteiger partial charge in [-0.2, -0.15) is 0 Å². The number of hydrogen-bond donors (Lipinski definition) is 1. The van der Waals surface area contributed by atoms with Crippen molar-refractivity contribution in [2.45, 2.75) is 61.5 Å². The zero-order valence-corrected chi connectivity index (χ0v) is 20.9. The van der Waals surface area contributed by atoms with Gasteiger partial charge in [0.05, 0.1) is 16.6 Å². The normalized spacial score (nSPS) is 35.6. The Balaban J connectivity index is 1.76. The molecule has 1 spiro atoms. The molecule has 0 radical (unpaired) electrons. The van der Waals surface area contributed by atoms with E-state index in [1.807, 2.05) is 17.1 Å². The summed E-state index contributed by atoms with van der Waals surface area (Å²) in [6, 6.07) is -0.597. The Morgan fingerprint density at radius 1 is 0.970 bits per heavy atom. The van der Waals surface area contributed by atoms with Crippen LogP contribution in [0.15, 0.2) is 24.3 Å². The highest BCUT2D eigenvalue weighted by atomic mass is 32.2. The second-order valence-electron chi connectivity index (χ2n) is 9.97. The Bertz CT molecular complexity index is 861. The van der Waals surface area contributed by atoms with Gasteiger partial charge in [-0.1, -0.05) is 37.6 Å². The van der Waals surface area contributed by atoms with Crippen LogP contribution in [0.25, 0.3) is 0 Å². The van der Waals surface area contributed by atoms with Crippen molar-refractivity contribution in [3.63, 3.8) is 0 Å². The number of carbonyl (C=O) groups excluding carboxylic acids is 3. The maximum Gasteiger partial charge on any atom is 0.247 e. The highest BCUT2D eigenvalue weighted by Gasteiger charge is 2.73. The molecule has 2 saturated heterocycles. The molecule has 1 N–H and O–H groups in total. The molecule has 4 heterocycles. The minimum atomic E-state index is -0.746. The van der Waals surface area contributed by atoms with Crippen molar-refractivity contribution in [3.8, 4) is 0 Å². The molecule has 4 aliphatic heterocycles. The number of aliphatic hydroxyl groups is 1. The molecular weight excluding hydrogens is 438 g/mol. The van der Waals surface area contributed by atoms with Crippen LogP contribution in [0.2, 0.25) is 0 Å². The molecule has 0 bridgehead atoms. The topological polar surface area (TPSA) is 81.2 Å². The molecule has 182 valence electrons. The Morgan fingerprint density at radius 3 is 2.45 bits per heavy atom. The first-order valence-corrected chi connectivity index (χ1v) is 13.1. The van der Waals surface area contributed by atoms with Gasteiger partial charge in [0, 0.05) is 44.6 Å². The minimum Gasteiger partial charge on any atom is -0.396 e. The molecule has 0 aromatic heterocycles. The fourth-order valence-corrected chi connectivity index (χ4v) is 8.21. The van der Waals surface area contributed by atoms with E-state index >= 15 is 0 Å². The fourth-order valence-electron chi connectivity index (χ4n) is 6.05. The summed E-state index contributed by atoms with van der Waals surface area (Å²) in [5.41, 5.74) is 0. The van der Waals surface area contributed by atoms with Gasteiger partial charge in [0.25, 0.3) is 0 Å². The molecule has 33 heavy (non-hydrogen) atoms. The Labute approximate surface area is 201 Å². The van der Waals surface area contributed by atoms with Crippen LogP contribution >= 0.6 is 11.8 Å². The number of carbonyl (C=O) groups is 3. The van der Waals surface area contributed by atoms with Crippen LogP contribution in [-0.2, 0) is 14.4 Å². The third kappa shape index (κ3) is 3.93. The van der Waals surface area contributed by atoms with Crippen molar-refractivity contribution >= 4 is 29.5 Å². The number of likely N-dealkylation sites (tertiary alicyclic amines) is 1. The highest BCUT2D eigenvalue weighted by Crippen LogP contribution is 2.65. The van der Waals surface area contributed by atoms with Crippen molar-refractivity contribution in [2.24, 2.45) is 11.8 Å². The Hall–Kier alpha value is -1.80. The van der Waals surface area contributed by atoms with Gasteiger partial charge in [-0.25, -0.2) is 0 Å². The van der Waals surface area contributed by atoms with Gasteiger partial charge in [-0.3, -0.25) is 14.4 Å². The third-order valence-electron chi connectivity index (χ3n) is 7.68. The van der Waals surface area contributed by atoms with E-state index in [1.165, 1.54) is 0 Å². The third-order valence-corrected chi connectivity index (χ3v) is 9.48. The number of thioether (sulfide) groups is 1. The molecule has 0 aromatic carbocycles. The van der Waals surface area contributed by atoms with Gasteiger partial charge >= 0.3 is 0 Å². The number of amides is 3. The summed E-state index contributed by atoms with van der Waals surface area (Å²) in [6.07, 6.45) is 12.4. The summed E-state index contributed by atoms with van der Waals surface area (Å²) >= 11 is 1.64. The van der Waals surface area contributed by atoms with Crippen LogP contribution in [0.5, 0.6) is 0 Å². The number of likely N-dealkylation sites (N-methyl/N-ethyl adjacent to an activating group) is 1. The molecule has 0 aromatic rings. The lowest BCUT2D eigenvalue weighted by Gasteiger charge is -2.37. The molecule has 1 unspecified atom stereocenters. The van der Waals surface area contributed by atoms with Gasteiger partial charge in [0.15, 0.2) is 0 Å². The SMILES string of the molecule is CCCCN1CC=C[C@]23S[C@]4(C)C=CCN(C)C(=O)[C@@H]4[C@H]2C(=O)N(CCCCCO)C3C1=O. The van der Waals surface area contributed by atoms with Crippen molar-refractivity contribution in [3.05, 3.63) is 24.3 Å². The van der Waals surface area contributed by atoms with Gasteiger partial charge in [-0.05, 0) is 32.6 Å². The van der Waals surface area contributed by atoms with Gasteiger partial charge < -0.3 is 19.8 Å². The van der Waals surface area contributed by atoms with E-state index in [0.717, 1.165) is 25.7 Å².